The molecular weight excluding hydrogens is 721 g/mol. The van der Waals surface area contributed by atoms with Gasteiger partial charge in [0.15, 0.2) is 0 Å². The third kappa shape index (κ3) is 8.27. The van der Waals surface area contributed by atoms with Crippen LogP contribution in [0.4, 0.5) is 0 Å². The van der Waals surface area contributed by atoms with Crippen molar-refractivity contribution in [2.24, 2.45) is 17.3 Å². The summed E-state index contributed by atoms with van der Waals surface area (Å²) >= 11 is -0.391. The van der Waals surface area contributed by atoms with Crippen LogP contribution in [0.25, 0.3) is 0 Å². The van der Waals surface area contributed by atoms with Crippen LogP contribution >= 0.6 is 17.0 Å². The third-order valence-electron chi connectivity index (χ3n) is 9.65. The van der Waals surface area contributed by atoms with Crippen LogP contribution in [0.15, 0.2) is 86.1 Å². The summed E-state index contributed by atoms with van der Waals surface area (Å²) in [6.45, 7) is 29.9. The molecule has 0 spiro atoms. The van der Waals surface area contributed by atoms with Gasteiger partial charge in [0.05, 0.1) is 0 Å². The summed E-state index contributed by atoms with van der Waals surface area (Å²) in [5, 5.41) is 0. The second-order valence-corrected chi connectivity index (χ2v) is 21.3. The minimum atomic E-state index is -1.96. The van der Waals surface area contributed by atoms with Gasteiger partial charge >= 0.3 is 149 Å². The molecule has 4 aliphatic rings. The Balaban J connectivity index is 0.000000591. The molecule has 0 aromatic heterocycles. The molecule has 0 aromatic rings. The van der Waals surface area contributed by atoms with E-state index < -0.39 is 19.4 Å². The third-order valence-corrected chi connectivity index (χ3v) is 17.1. The summed E-state index contributed by atoms with van der Waals surface area (Å²) in [7, 11) is 11.5. The van der Waals surface area contributed by atoms with Crippen molar-refractivity contribution in [1.29, 1.82) is 0 Å². The van der Waals surface area contributed by atoms with Gasteiger partial charge in [0.2, 0.25) is 0 Å². The Bertz CT molecular complexity index is 1140. The number of hydrogen-bond donors (Lipinski definition) is 0. The van der Waals surface area contributed by atoms with Crippen molar-refractivity contribution < 1.29 is 68.9 Å². The first kappa shape index (κ1) is 39.8. The molecule has 0 amide bonds. The van der Waals surface area contributed by atoms with E-state index in [1.165, 1.54) is 36.7 Å². The number of halogens is 4. The van der Waals surface area contributed by atoms with Crippen molar-refractivity contribution in [3.63, 3.8) is 0 Å². The van der Waals surface area contributed by atoms with Crippen LogP contribution in [0, 0.1) is 17.3 Å². The first-order chi connectivity index (χ1) is 17.0. The summed E-state index contributed by atoms with van der Waals surface area (Å²) < 4.78 is 2.91. The average molecular weight is 767 g/mol. The monoisotopic (exact) mass is 762 g/mol. The zero-order valence-electron chi connectivity index (χ0n) is 26.1. The predicted octanol–water partition coefficient (Wildman–Crippen LogP) is 5.54. The van der Waals surface area contributed by atoms with Gasteiger partial charge in [-0.1, -0.05) is 25.0 Å². The molecule has 0 aliphatic heterocycles. The van der Waals surface area contributed by atoms with E-state index in [1.54, 1.807) is 55.9 Å². The summed E-state index contributed by atoms with van der Waals surface area (Å²) in [4.78, 5) is 0. The Labute approximate surface area is 282 Å². The van der Waals surface area contributed by atoms with Gasteiger partial charge < -0.3 is 24.8 Å². The quantitative estimate of drug-likeness (QED) is 0.347. The van der Waals surface area contributed by atoms with Crippen LogP contribution < -0.4 is 24.8 Å². The number of allylic oxidation sites excluding steroid dienone is 16. The standard InChI is InChI=1S/C18H26.C10H15.C5H5.4ClH.2Zr/c1-9-10(2)14(6)17(13(9)5)18-15(7)11(3)12(4)16(18)8;1-7-6-10(4,5)9(3)8(7)2;1-2-4-5-3-1;;;;;;/h13,15H,1-8H3;1-5H3;1-3H,4H2;4*1H;;/q;;;;;;;2*+2/p-4. The average Bonchev–Trinajstić information content (AvgIpc) is 3.54. The summed E-state index contributed by atoms with van der Waals surface area (Å²) in [6, 6.07) is 0. The summed E-state index contributed by atoms with van der Waals surface area (Å²) in [5.74, 6) is 1.19. The molecule has 0 radical (unpaired) electrons. The van der Waals surface area contributed by atoms with Crippen LogP contribution in [0.5, 0.6) is 0 Å². The van der Waals surface area contributed by atoms with Crippen LogP contribution in [-0.2, 0) is 44.1 Å². The molecule has 2 atom stereocenters. The van der Waals surface area contributed by atoms with Crippen molar-refractivity contribution in [3.05, 3.63) is 86.1 Å². The molecule has 0 aromatic carbocycles. The van der Waals surface area contributed by atoms with Gasteiger partial charge in [-0.15, -0.1) is 0 Å². The van der Waals surface area contributed by atoms with Crippen molar-refractivity contribution in [1.82, 2.24) is 0 Å². The van der Waals surface area contributed by atoms with Gasteiger partial charge in [-0.3, -0.25) is 0 Å². The Kier molecular flexibility index (Phi) is 16.4. The van der Waals surface area contributed by atoms with Crippen LogP contribution in [-0.4, -0.2) is 0 Å². The molecule has 4 rings (SSSR count). The summed E-state index contributed by atoms with van der Waals surface area (Å²) in [6.07, 6.45) is 7.14. The zero-order chi connectivity index (χ0) is 28.6. The van der Waals surface area contributed by atoms with Gasteiger partial charge in [0, 0.05) is 11.8 Å². The molecule has 0 heterocycles. The molecule has 0 fully saturated rings. The van der Waals surface area contributed by atoms with E-state index in [2.05, 4.69) is 96.1 Å². The first-order valence-corrected chi connectivity index (χ1v) is 22.2. The maximum absolute atomic E-state index is 5.74. The van der Waals surface area contributed by atoms with E-state index >= 15 is 0 Å². The van der Waals surface area contributed by atoms with Gasteiger partial charge in [-0.25, -0.2) is 0 Å². The molecule has 0 nitrogen and oxygen atoms in total. The Morgan fingerprint density at radius 3 is 1.28 bits per heavy atom. The molecule has 2 unspecified atom stereocenters. The Morgan fingerprint density at radius 1 is 0.718 bits per heavy atom. The van der Waals surface area contributed by atoms with Gasteiger partial charge in [0.25, 0.3) is 0 Å². The van der Waals surface area contributed by atoms with Gasteiger partial charge in [0.1, 0.15) is 0 Å². The zero-order valence-corrected chi connectivity index (χ0v) is 34.0. The fourth-order valence-corrected chi connectivity index (χ4v) is 9.57. The molecule has 0 saturated carbocycles. The van der Waals surface area contributed by atoms with Crippen LogP contribution in [0.2, 0.25) is 0 Å². The van der Waals surface area contributed by atoms with Crippen molar-refractivity contribution in [3.8, 4) is 0 Å². The maximum atomic E-state index is 5.74. The van der Waals surface area contributed by atoms with E-state index in [4.69, 9.17) is 17.0 Å². The Hall–Kier alpha value is 0.846. The molecular formula is C33H46Cl4Zr2. The van der Waals surface area contributed by atoms with E-state index in [1.807, 2.05) is 12.2 Å². The van der Waals surface area contributed by atoms with Crippen molar-refractivity contribution in [2.45, 2.75) is 96.4 Å². The first-order valence-electron chi connectivity index (χ1n) is 13.4. The fraction of sp³-hybridized carbons (Fsp3) is 0.515. The SMILES string of the molecule is CC1=C(C)C(C)(C)[C]([Zr+2])=C1C.CC1=C(C)C(C)C(C2=C(C)C(C)=C(C)C2C)=C1C.[Cl-].[Cl-].[Cl][Zr]([Cl])[C]1=CC=CC1. The van der Waals surface area contributed by atoms with E-state index in [-0.39, 0.29) is 24.8 Å². The number of rotatable bonds is 2. The van der Waals surface area contributed by atoms with Crippen LogP contribution in [0.3, 0.4) is 0 Å². The van der Waals surface area contributed by atoms with Gasteiger partial charge in [-0.05, 0) is 75.0 Å². The molecule has 0 N–H and O–H groups in total. The van der Waals surface area contributed by atoms with Crippen LogP contribution in [0.1, 0.15) is 96.4 Å². The fourth-order valence-electron chi connectivity index (χ4n) is 5.78. The molecule has 0 bridgehead atoms. The van der Waals surface area contributed by atoms with Gasteiger partial charge in [-0.2, -0.15) is 0 Å². The molecule has 6 heteroatoms. The second kappa shape index (κ2) is 16.1. The van der Waals surface area contributed by atoms with E-state index in [9.17, 15) is 0 Å². The topological polar surface area (TPSA) is 0 Å². The second-order valence-electron chi connectivity index (χ2n) is 11.6. The minimum absolute atomic E-state index is 0. The normalized spacial score (nSPS) is 23.6. The molecule has 4 aliphatic carbocycles. The van der Waals surface area contributed by atoms with Crippen molar-refractivity contribution in [2.75, 3.05) is 0 Å². The molecule has 214 valence electrons. The van der Waals surface area contributed by atoms with E-state index in [0.717, 1.165) is 6.42 Å². The molecule has 0 saturated heterocycles. The van der Waals surface area contributed by atoms with Crippen molar-refractivity contribution >= 4 is 17.0 Å². The van der Waals surface area contributed by atoms with E-state index in [0.29, 0.717) is 17.3 Å². The Morgan fingerprint density at radius 2 is 1.13 bits per heavy atom. The predicted molar refractivity (Wildman–Crippen MR) is 159 cm³/mol. The summed E-state index contributed by atoms with van der Waals surface area (Å²) in [5.41, 5.74) is 17.3. The molecule has 39 heavy (non-hydrogen) atoms. The number of hydrogen-bond acceptors (Lipinski definition) is 0.